The topological polar surface area (TPSA) is 85.3 Å². The molecule has 3 N–H and O–H groups in total. The Morgan fingerprint density at radius 1 is 1.09 bits per heavy atom. The number of hydrogen-bond acceptors (Lipinski definition) is 3. The summed E-state index contributed by atoms with van der Waals surface area (Å²) in [5.41, 5.74) is 6.19. The van der Waals surface area contributed by atoms with Crippen molar-refractivity contribution in [3.63, 3.8) is 0 Å². The van der Waals surface area contributed by atoms with Crippen molar-refractivity contribution in [3.05, 3.63) is 65.7 Å². The SMILES string of the molecule is NC(=O)c1oc2ccccc2c1NC(=O)Cc1ccccc1F. The van der Waals surface area contributed by atoms with Crippen LogP contribution in [0.4, 0.5) is 10.1 Å². The molecule has 1 heterocycles. The van der Waals surface area contributed by atoms with Gasteiger partial charge in [0.1, 0.15) is 17.1 Å². The maximum Gasteiger partial charge on any atom is 0.286 e. The minimum atomic E-state index is -0.789. The molecule has 3 rings (SSSR count). The highest BCUT2D eigenvalue weighted by atomic mass is 19.1. The number of furan rings is 1. The highest BCUT2D eigenvalue weighted by Crippen LogP contribution is 2.30. The molecule has 0 atom stereocenters. The number of nitrogens with two attached hydrogens (primary N) is 1. The summed E-state index contributed by atoms with van der Waals surface area (Å²) in [6.45, 7) is 0. The van der Waals surface area contributed by atoms with Gasteiger partial charge in [0.2, 0.25) is 11.7 Å². The average Bonchev–Trinajstić information content (AvgIpc) is 2.89. The Balaban J connectivity index is 1.92. The average molecular weight is 312 g/mol. The van der Waals surface area contributed by atoms with Crippen LogP contribution in [0.1, 0.15) is 16.1 Å². The Bertz CT molecular complexity index is 902. The molecular weight excluding hydrogens is 299 g/mol. The van der Waals surface area contributed by atoms with Gasteiger partial charge in [-0.1, -0.05) is 30.3 Å². The Hall–Kier alpha value is -3.15. The van der Waals surface area contributed by atoms with E-state index in [9.17, 15) is 14.0 Å². The van der Waals surface area contributed by atoms with Crippen molar-refractivity contribution in [2.75, 3.05) is 5.32 Å². The first-order valence-corrected chi connectivity index (χ1v) is 6.91. The van der Waals surface area contributed by atoms with Crippen molar-refractivity contribution in [1.29, 1.82) is 0 Å². The van der Waals surface area contributed by atoms with E-state index in [-0.39, 0.29) is 23.4 Å². The van der Waals surface area contributed by atoms with E-state index in [2.05, 4.69) is 5.32 Å². The molecule has 0 bridgehead atoms. The first-order valence-electron chi connectivity index (χ1n) is 6.91. The summed E-state index contributed by atoms with van der Waals surface area (Å²) in [6.07, 6.45) is -0.162. The third-order valence-electron chi connectivity index (χ3n) is 3.39. The molecule has 6 heteroatoms. The van der Waals surface area contributed by atoms with Crippen LogP contribution in [0.25, 0.3) is 11.0 Å². The third kappa shape index (κ3) is 2.91. The maximum atomic E-state index is 13.6. The van der Waals surface area contributed by atoms with Crippen LogP contribution in [0.3, 0.4) is 0 Å². The number of carbonyl (C=O) groups is 2. The van der Waals surface area contributed by atoms with Gasteiger partial charge in [-0.2, -0.15) is 0 Å². The van der Waals surface area contributed by atoms with Crippen LogP contribution in [-0.4, -0.2) is 11.8 Å². The number of anilines is 1. The number of primary amides is 1. The molecule has 3 aromatic rings. The van der Waals surface area contributed by atoms with Crippen LogP contribution in [0, 0.1) is 5.82 Å². The highest BCUT2D eigenvalue weighted by molar-refractivity contribution is 6.10. The minimum absolute atomic E-state index is 0.131. The molecule has 116 valence electrons. The standard InChI is InChI=1S/C17H13FN2O3/c18-12-7-3-1-5-10(12)9-14(21)20-15-11-6-2-4-8-13(11)23-16(15)17(19)22/h1-8H,9H2,(H2,19,22)(H,20,21). The molecule has 0 aliphatic heterocycles. The Kier molecular flexibility index (Phi) is 3.80. The van der Waals surface area contributed by atoms with Gasteiger partial charge in [-0.25, -0.2) is 4.39 Å². The summed E-state index contributed by atoms with van der Waals surface area (Å²) in [6, 6.07) is 12.8. The molecule has 5 nitrogen and oxygen atoms in total. The van der Waals surface area contributed by atoms with E-state index in [4.69, 9.17) is 10.2 Å². The number of fused-ring (bicyclic) bond motifs is 1. The van der Waals surface area contributed by atoms with E-state index < -0.39 is 17.6 Å². The van der Waals surface area contributed by atoms with Crippen LogP contribution in [0.5, 0.6) is 0 Å². The molecule has 2 amide bonds. The molecule has 0 saturated heterocycles. The fraction of sp³-hybridized carbons (Fsp3) is 0.0588. The van der Waals surface area contributed by atoms with Crippen LogP contribution < -0.4 is 11.1 Å². The molecule has 0 aliphatic carbocycles. The molecule has 0 fully saturated rings. The van der Waals surface area contributed by atoms with Gasteiger partial charge < -0.3 is 15.5 Å². The van der Waals surface area contributed by atoms with Gasteiger partial charge in [0.05, 0.1) is 6.42 Å². The van der Waals surface area contributed by atoms with Crippen molar-refractivity contribution in [1.82, 2.24) is 0 Å². The zero-order valence-corrected chi connectivity index (χ0v) is 12.0. The van der Waals surface area contributed by atoms with E-state index in [0.29, 0.717) is 11.0 Å². The van der Waals surface area contributed by atoms with Gasteiger partial charge in [0.25, 0.3) is 5.91 Å². The number of nitrogens with one attached hydrogen (secondary N) is 1. The zero-order chi connectivity index (χ0) is 16.4. The number of halogens is 1. The summed E-state index contributed by atoms with van der Waals surface area (Å²) in [5.74, 6) is -1.85. The van der Waals surface area contributed by atoms with E-state index in [1.165, 1.54) is 12.1 Å². The fourth-order valence-corrected chi connectivity index (χ4v) is 2.34. The van der Waals surface area contributed by atoms with Crippen LogP contribution in [0.2, 0.25) is 0 Å². The number of rotatable bonds is 4. The largest absolute Gasteiger partial charge is 0.449 e. The van der Waals surface area contributed by atoms with Gasteiger partial charge in [-0.15, -0.1) is 0 Å². The molecular formula is C17H13FN2O3. The van der Waals surface area contributed by atoms with E-state index >= 15 is 0 Å². The summed E-state index contributed by atoms with van der Waals surface area (Å²) in [7, 11) is 0. The van der Waals surface area contributed by atoms with E-state index in [1.807, 2.05) is 0 Å². The first kappa shape index (κ1) is 14.8. The number of amides is 2. The van der Waals surface area contributed by atoms with Crippen LogP contribution >= 0.6 is 0 Å². The lowest BCUT2D eigenvalue weighted by Gasteiger charge is -2.06. The van der Waals surface area contributed by atoms with Gasteiger partial charge in [-0.3, -0.25) is 9.59 Å². The molecule has 0 spiro atoms. The summed E-state index contributed by atoms with van der Waals surface area (Å²) < 4.78 is 19.0. The van der Waals surface area contributed by atoms with Crippen molar-refractivity contribution >= 4 is 28.5 Å². The minimum Gasteiger partial charge on any atom is -0.449 e. The lowest BCUT2D eigenvalue weighted by Crippen LogP contribution is -2.18. The normalized spacial score (nSPS) is 10.7. The summed E-state index contributed by atoms with van der Waals surface area (Å²) in [5, 5.41) is 3.15. The van der Waals surface area contributed by atoms with Gasteiger partial charge >= 0.3 is 0 Å². The monoisotopic (exact) mass is 312 g/mol. The molecule has 1 aromatic heterocycles. The van der Waals surface area contributed by atoms with E-state index in [0.717, 1.165) is 0 Å². The Labute approximate surface area is 130 Å². The highest BCUT2D eigenvalue weighted by Gasteiger charge is 2.20. The van der Waals surface area contributed by atoms with Crippen molar-refractivity contribution in [3.8, 4) is 0 Å². The summed E-state index contributed by atoms with van der Waals surface area (Å²) >= 11 is 0. The maximum absolute atomic E-state index is 13.6. The van der Waals surface area contributed by atoms with Crippen molar-refractivity contribution < 1.29 is 18.4 Å². The van der Waals surface area contributed by atoms with Gasteiger partial charge in [0, 0.05) is 5.39 Å². The Morgan fingerprint density at radius 2 is 1.78 bits per heavy atom. The lowest BCUT2D eigenvalue weighted by atomic mass is 10.1. The Morgan fingerprint density at radius 3 is 2.52 bits per heavy atom. The summed E-state index contributed by atoms with van der Waals surface area (Å²) in [4.78, 5) is 23.7. The molecule has 23 heavy (non-hydrogen) atoms. The molecule has 0 unspecified atom stereocenters. The fourth-order valence-electron chi connectivity index (χ4n) is 2.34. The number of para-hydroxylation sites is 1. The molecule has 2 aromatic carbocycles. The predicted molar refractivity (Wildman–Crippen MR) is 83.5 cm³/mol. The van der Waals surface area contributed by atoms with E-state index in [1.54, 1.807) is 36.4 Å². The second-order valence-corrected chi connectivity index (χ2v) is 4.98. The number of carbonyl (C=O) groups excluding carboxylic acids is 2. The van der Waals surface area contributed by atoms with Gasteiger partial charge in [-0.05, 0) is 23.8 Å². The van der Waals surface area contributed by atoms with Gasteiger partial charge in [0.15, 0.2) is 0 Å². The first-order chi connectivity index (χ1) is 11.1. The van der Waals surface area contributed by atoms with Crippen LogP contribution in [0.15, 0.2) is 52.9 Å². The second kappa shape index (κ2) is 5.92. The molecule has 0 saturated carbocycles. The number of benzene rings is 2. The lowest BCUT2D eigenvalue weighted by molar-refractivity contribution is -0.115. The molecule has 0 aliphatic rings. The second-order valence-electron chi connectivity index (χ2n) is 4.98. The zero-order valence-electron chi connectivity index (χ0n) is 12.0. The quantitative estimate of drug-likeness (QED) is 0.776. The third-order valence-corrected chi connectivity index (χ3v) is 3.39. The number of hydrogen-bond donors (Lipinski definition) is 2. The molecule has 0 radical (unpaired) electrons. The van der Waals surface area contributed by atoms with Crippen molar-refractivity contribution in [2.24, 2.45) is 5.73 Å². The smallest absolute Gasteiger partial charge is 0.286 e. The van der Waals surface area contributed by atoms with Crippen LogP contribution in [-0.2, 0) is 11.2 Å². The van der Waals surface area contributed by atoms with Crippen molar-refractivity contribution in [2.45, 2.75) is 6.42 Å². The predicted octanol–water partition coefficient (Wildman–Crippen LogP) is 2.85.